The lowest BCUT2D eigenvalue weighted by Crippen LogP contribution is -2.19. The Morgan fingerprint density at radius 3 is 2.64 bits per heavy atom. The van der Waals surface area contributed by atoms with Crippen molar-refractivity contribution < 1.29 is 4.21 Å². The van der Waals surface area contributed by atoms with Crippen LogP contribution in [0.2, 0.25) is 0 Å². The summed E-state index contributed by atoms with van der Waals surface area (Å²) in [5.74, 6) is 0.753. The van der Waals surface area contributed by atoms with Gasteiger partial charge in [0.15, 0.2) is 0 Å². The average Bonchev–Trinajstić information content (AvgIpc) is 2.25. The first-order chi connectivity index (χ1) is 6.83. The van der Waals surface area contributed by atoms with Gasteiger partial charge in [0, 0.05) is 12.3 Å². The molecule has 1 N–H and O–H groups in total. The van der Waals surface area contributed by atoms with E-state index in [-0.39, 0.29) is 0 Å². The van der Waals surface area contributed by atoms with Crippen molar-refractivity contribution in [3.63, 3.8) is 0 Å². The summed E-state index contributed by atoms with van der Waals surface area (Å²) in [6.07, 6.45) is 2.12. The van der Waals surface area contributed by atoms with Crippen LogP contribution < -0.4 is 4.72 Å². The Morgan fingerprint density at radius 2 is 2.00 bits per heavy atom. The SMILES string of the molecule is CCCCS(=O)NCc1ccccc1. The minimum Gasteiger partial charge on any atom is -0.243 e. The monoisotopic (exact) mass is 211 g/mol. The van der Waals surface area contributed by atoms with Crippen molar-refractivity contribution in [3.05, 3.63) is 35.9 Å². The molecule has 0 bridgehead atoms. The van der Waals surface area contributed by atoms with Crippen LogP contribution in [0.5, 0.6) is 0 Å². The second-order valence-corrected chi connectivity index (χ2v) is 4.60. The second kappa shape index (κ2) is 6.74. The molecule has 2 nitrogen and oxygen atoms in total. The van der Waals surface area contributed by atoms with Gasteiger partial charge in [-0.1, -0.05) is 43.7 Å². The first-order valence-corrected chi connectivity index (χ1v) is 6.30. The summed E-state index contributed by atoms with van der Waals surface area (Å²) in [5, 5.41) is 0. The Morgan fingerprint density at radius 1 is 1.29 bits per heavy atom. The summed E-state index contributed by atoms with van der Waals surface area (Å²) in [6, 6.07) is 10.0. The molecule has 0 saturated heterocycles. The Hall–Kier alpha value is -0.670. The Balaban J connectivity index is 2.24. The number of rotatable bonds is 6. The molecule has 0 aromatic heterocycles. The topological polar surface area (TPSA) is 29.1 Å². The van der Waals surface area contributed by atoms with Crippen molar-refractivity contribution in [2.75, 3.05) is 5.75 Å². The highest BCUT2D eigenvalue weighted by molar-refractivity contribution is 7.82. The van der Waals surface area contributed by atoms with Crippen LogP contribution in [-0.4, -0.2) is 9.96 Å². The fraction of sp³-hybridized carbons (Fsp3) is 0.455. The highest BCUT2D eigenvalue weighted by Gasteiger charge is 1.97. The van der Waals surface area contributed by atoms with E-state index in [0.717, 1.165) is 18.6 Å². The highest BCUT2D eigenvalue weighted by Crippen LogP contribution is 1.98. The van der Waals surface area contributed by atoms with E-state index in [4.69, 9.17) is 0 Å². The van der Waals surface area contributed by atoms with Gasteiger partial charge in [-0.25, -0.2) is 8.93 Å². The van der Waals surface area contributed by atoms with Gasteiger partial charge in [0.2, 0.25) is 0 Å². The van der Waals surface area contributed by atoms with E-state index in [2.05, 4.69) is 11.6 Å². The lowest BCUT2D eigenvalue weighted by molar-refractivity contribution is 0.668. The Bertz CT molecular complexity index is 274. The molecular weight excluding hydrogens is 194 g/mol. The van der Waals surface area contributed by atoms with Crippen molar-refractivity contribution in [1.29, 1.82) is 0 Å². The van der Waals surface area contributed by atoms with Crippen molar-refractivity contribution in [2.45, 2.75) is 26.3 Å². The van der Waals surface area contributed by atoms with Crippen LogP contribution >= 0.6 is 0 Å². The Kier molecular flexibility index (Phi) is 5.49. The number of benzene rings is 1. The van der Waals surface area contributed by atoms with Gasteiger partial charge in [-0.05, 0) is 12.0 Å². The maximum Gasteiger partial charge on any atom is 0.0918 e. The molecule has 14 heavy (non-hydrogen) atoms. The fourth-order valence-corrected chi connectivity index (χ4v) is 2.13. The van der Waals surface area contributed by atoms with E-state index < -0.39 is 11.0 Å². The molecule has 1 aromatic carbocycles. The van der Waals surface area contributed by atoms with E-state index in [1.807, 2.05) is 30.3 Å². The quantitative estimate of drug-likeness (QED) is 0.768. The lowest BCUT2D eigenvalue weighted by Gasteiger charge is -2.03. The van der Waals surface area contributed by atoms with Crippen LogP contribution in [0.1, 0.15) is 25.3 Å². The second-order valence-electron chi connectivity index (χ2n) is 3.21. The van der Waals surface area contributed by atoms with Gasteiger partial charge < -0.3 is 0 Å². The molecule has 78 valence electrons. The summed E-state index contributed by atoms with van der Waals surface area (Å²) in [4.78, 5) is 0. The molecule has 0 aliphatic carbocycles. The smallest absolute Gasteiger partial charge is 0.0918 e. The van der Waals surface area contributed by atoms with Gasteiger partial charge in [0.25, 0.3) is 0 Å². The number of hydrogen-bond acceptors (Lipinski definition) is 1. The fourth-order valence-electron chi connectivity index (χ4n) is 1.11. The minimum absolute atomic E-state index is 0.692. The third kappa shape index (κ3) is 4.53. The standard InChI is InChI=1S/C11H17NOS/c1-2-3-9-14(13)12-10-11-7-5-4-6-8-11/h4-8,12H,2-3,9-10H2,1H3. The zero-order chi connectivity index (χ0) is 10.2. The van der Waals surface area contributed by atoms with Gasteiger partial charge in [0.05, 0.1) is 11.0 Å². The van der Waals surface area contributed by atoms with Gasteiger partial charge in [0.1, 0.15) is 0 Å². The van der Waals surface area contributed by atoms with Crippen LogP contribution in [0.4, 0.5) is 0 Å². The average molecular weight is 211 g/mol. The van der Waals surface area contributed by atoms with Crippen LogP contribution in [-0.2, 0) is 17.5 Å². The van der Waals surface area contributed by atoms with Gasteiger partial charge in [-0.2, -0.15) is 0 Å². The van der Waals surface area contributed by atoms with Crippen LogP contribution in [0.15, 0.2) is 30.3 Å². The highest BCUT2D eigenvalue weighted by atomic mass is 32.2. The summed E-state index contributed by atoms with van der Waals surface area (Å²) in [5.41, 5.74) is 1.18. The van der Waals surface area contributed by atoms with Crippen LogP contribution in [0.3, 0.4) is 0 Å². The molecule has 3 heteroatoms. The molecular formula is C11H17NOS. The van der Waals surface area contributed by atoms with Gasteiger partial charge in [-0.3, -0.25) is 0 Å². The molecule has 0 amide bonds. The lowest BCUT2D eigenvalue weighted by atomic mass is 10.2. The predicted molar refractivity (Wildman–Crippen MR) is 61.2 cm³/mol. The third-order valence-corrected chi connectivity index (χ3v) is 3.09. The van der Waals surface area contributed by atoms with Crippen LogP contribution in [0.25, 0.3) is 0 Å². The predicted octanol–water partition coefficient (Wildman–Crippen LogP) is 2.24. The van der Waals surface area contributed by atoms with Crippen molar-refractivity contribution in [1.82, 2.24) is 4.72 Å². The van der Waals surface area contributed by atoms with Crippen molar-refractivity contribution >= 4 is 11.0 Å². The molecule has 0 fully saturated rings. The molecule has 1 rings (SSSR count). The van der Waals surface area contributed by atoms with E-state index in [1.165, 1.54) is 5.56 Å². The number of hydrogen-bond donors (Lipinski definition) is 1. The molecule has 1 unspecified atom stereocenters. The Labute approximate surface area is 88.3 Å². The summed E-state index contributed by atoms with van der Waals surface area (Å²) < 4.78 is 14.4. The van der Waals surface area contributed by atoms with Gasteiger partial charge >= 0.3 is 0 Å². The molecule has 1 atom stereocenters. The van der Waals surface area contributed by atoms with Gasteiger partial charge in [-0.15, -0.1) is 0 Å². The molecule has 0 aliphatic heterocycles. The maximum atomic E-state index is 11.4. The van der Waals surface area contributed by atoms with E-state index >= 15 is 0 Å². The van der Waals surface area contributed by atoms with E-state index in [1.54, 1.807) is 0 Å². The summed E-state index contributed by atoms with van der Waals surface area (Å²) >= 11 is 0. The number of unbranched alkanes of at least 4 members (excludes halogenated alkanes) is 1. The summed E-state index contributed by atoms with van der Waals surface area (Å²) in [7, 11) is -0.870. The first kappa shape index (κ1) is 11.4. The van der Waals surface area contributed by atoms with Crippen molar-refractivity contribution in [3.8, 4) is 0 Å². The van der Waals surface area contributed by atoms with Crippen LogP contribution in [0, 0.1) is 0 Å². The molecule has 0 aliphatic rings. The molecule has 1 aromatic rings. The molecule has 0 spiro atoms. The molecule has 0 radical (unpaired) electrons. The number of nitrogens with one attached hydrogen (secondary N) is 1. The minimum atomic E-state index is -0.870. The summed E-state index contributed by atoms with van der Waals surface area (Å²) in [6.45, 7) is 2.80. The normalized spacial score (nSPS) is 12.6. The molecule has 0 heterocycles. The van der Waals surface area contributed by atoms with E-state index in [9.17, 15) is 4.21 Å². The maximum absolute atomic E-state index is 11.4. The third-order valence-electron chi connectivity index (χ3n) is 1.96. The molecule has 0 saturated carbocycles. The zero-order valence-corrected chi connectivity index (χ0v) is 9.35. The largest absolute Gasteiger partial charge is 0.243 e. The van der Waals surface area contributed by atoms with E-state index in [0.29, 0.717) is 6.54 Å². The van der Waals surface area contributed by atoms with Crippen molar-refractivity contribution in [2.24, 2.45) is 0 Å². The zero-order valence-electron chi connectivity index (χ0n) is 8.53. The first-order valence-electron chi connectivity index (χ1n) is 4.98.